The molecule has 2 aromatic carbocycles. The zero-order valence-corrected chi connectivity index (χ0v) is 23.7. The zero-order chi connectivity index (χ0) is 28.4. The van der Waals surface area contributed by atoms with Crippen molar-refractivity contribution in [2.75, 3.05) is 54.6 Å². The molecule has 1 aromatic heterocycles. The molecule has 0 unspecified atom stereocenters. The third-order valence-corrected chi connectivity index (χ3v) is 8.22. The molecule has 3 heterocycles. The van der Waals surface area contributed by atoms with Crippen LogP contribution >= 0.6 is 0 Å². The summed E-state index contributed by atoms with van der Waals surface area (Å²) >= 11 is 0. The number of amides is 2. The van der Waals surface area contributed by atoms with Gasteiger partial charge in [-0.3, -0.25) is 9.59 Å². The van der Waals surface area contributed by atoms with E-state index < -0.39 is 0 Å². The molecule has 40 heavy (non-hydrogen) atoms. The van der Waals surface area contributed by atoms with Gasteiger partial charge in [-0.05, 0) is 55.9 Å². The average Bonchev–Trinajstić information content (AvgIpc) is 3.61. The number of furan rings is 1. The van der Waals surface area contributed by atoms with Crippen molar-refractivity contribution < 1.29 is 33.0 Å². The van der Waals surface area contributed by atoms with Crippen molar-refractivity contribution in [1.29, 1.82) is 0 Å². The lowest BCUT2D eigenvalue weighted by Gasteiger charge is -2.39. The summed E-state index contributed by atoms with van der Waals surface area (Å²) in [5.74, 6) is 2.56. The summed E-state index contributed by atoms with van der Waals surface area (Å²) in [7, 11) is 6.32. The smallest absolute Gasteiger partial charge is 0.289 e. The summed E-state index contributed by atoms with van der Waals surface area (Å²) in [5, 5.41) is 0.843. The van der Waals surface area contributed by atoms with Gasteiger partial charge in [-0.2, -0.15) is 0 Å². The molecule has 0 N–H and O–H groups in total. The Hall–Kier alpha value is -4.14. The molecule has 2 saturated heterocycles. The number of methoxy groups -OCH3 is 4. The van der Waals surface area contributed by atoms with Crippen molar-refractivity contribution in [3.8, 4) is 23.0 Å². The van der Waals surface area contributed by atoms with Crippen LogP contribution in [0.15, 0.2) is 46.4 Å². The normalized spacial score (nSPS) is 16.9. The predicted octanol–water partition coefficient (Wildman–Crippen LogP) is 5.03. The Balaban J connectivity index is 1.24. The van der Waals surface area contributed by atoms with Crippen molar-refractivity contribution in [3.05, 3.63) is 53.3 Å². The molecule has 212 valence electrons. The quantitative estimate of drug-likeness (QED) is 0.383. The highest BCUT2D eigenvalue weighted by Gasteiger charge is 2.43. The molecule has 2 aliphatic rings. The van der Waals surface area contributed by atoms with E-state index in [1.807, 2.05) is 47.1 Å². The maximum absolute atomic E-state index is 13.4. The molecule has 0 saturated carbocycles. The van der Waals surface area contributed by atoms with E-state index in [1.54, 1.807) is 40.6 Å². The van der Waals surface area contributed by atoms with E-state index in [4.69, 9.17) is 23.4 Å². The molecule has 1 spiro atoms. The van der Waals surface area contributed by atoms with Gasteiger partial charge < -0.3 is 33.2 Å². The maximum Gasteiger partial charge on any atom is 0.289 e. The molecule has 2 aliphatic heterocycles. The van der Waals surface area contributed by atoms with Crippen LogP contribution in [0.25, 0.3) is 17.0 Å². The Labute approximate surface area is 234 Å². The van der Waals surface area contributed by atoms with E-state index in [-0.39, 0.29) is 17.2 Å². The Morgan fingerprint density at radius 3 is 2.10 bits per heavy atom. The zero-order valence-electron chi connectivity index (χ0n) is 23.7. The largest absolute Gasteiger partial charge is 0.496 e. The second kappa shape index (κ2) is 11.2. The molecule has 3 aromatic rings. The molecular formula is C31H36N2O7. The van der Waals surface area contributed by atoms with Crippen molar-refractivity contribution in [2.45, 2.75) is 26.2 Å². The van der Waals surface area contributed by atoms with E-state index in [9.17, 15) is 9.59 Å². The number of carbonyl (C=O) groups is 2. The van der Waals surface area contributed by atoms with Gasteiger partial charge in [0.05, 0.1) is 28.4 Å². The van der Waals surface area contributed by atoms with Gasteiger partial charge >= 0.3 is 0 Å². The lowest BCUT2D eigenvalue weighted by molar-refractivity contribution is -0.126. The van der Waals surface area contributed by atoms with E-state index >= 15 is 0 Å². The summed E-state index contributed by atoms with van der Waals surface area (Å²) in [6.07, 6.45) is 4.45. The number of para-hydroxylation sites is 1. The van der Waals surface area contributed by atoms with Crippen LogP contribution in [0.2, 0.25) is 0 Å². The van der Waals surface area contributed by atoms with Gasteiger partial charge in [0.25, 0.3) is 5.91 Å². The van der Waals surface area contributed by atoms with Gasteiger partial charge in [-0.1, -0.05) is 12.1 Å². The van der Waals surface area contributed by atoms with Crippen molar-refractivity contribution in [1.82, 2.24) is 9.80 Å². The summed E-state index contributed by atoms with van der Waals surface area (Å²) in [4.78, 5) is 30.4. The molecule has 0 radical (unpaired) electrons. The fourth-order valence-electron chi connectivity index (χ4n) is 5.87. The van der Waals surface area contributed by atoms with E-state index in [0.717, 1.165) is 30.2 Å². The van der Waals surface area contributed by atoms with Gasteiger partial charge in [-0.25, -0.2) is 0 Å². The lowest BCUT2D eigenvalue weighted by atomic mass is 9.77. The minimum absolute atomic E-state index is 0.00319. The number of nitrogens with zero attached hydrogens (tertiary/aromatic N) is 2. The van der Waals surface area contributed by atoms with Crippen molar-refractivity contribution in [2.24, 2.45) is 5.41 Å². The van der Waals surface area contributed by atoms with Crippen LogP contribution in [0.1, 0.15) is 42.3 Å². The van der Waals surface area contributed by atoms with Gasteiger partial charge in [0, 0.05) is 48.8 Å². The summed E-state index contributed by atoms with van der Waals surface area (Å²) < 4.78 is 27.6. The average molecular weight is 549 g/mol. The fraction of sp³-hybridized carbons (Fsp3) is 0.419. The first-order valence-corrected chi connectivity index (χ1v) is 13.4. The third-order valence-electron chi connectivity index (χ3n) is 8.22. The van der Waals surface area contributed by atoms with Crippen LogP contribution in [0.4, 0.5) is 0 Å². The molecule has 2 fully saturated rings. The number of hydrogen-bond acceptors (Lipinski definition) is 7. The number of fused-ring (bicyclic) bond motifs is 1. The van der Waals surface area contributed by atoms with Gasteiger partial charge in [0.1, 0.15) is 5.75 Å². The first-order valence-electron chi connectivity index (χ1n) is 13.4. The van der Waals surface area contributed by atoms with E-state index in [0.29, 0.717) is 66.1 Å². The van der Waals surface area contributed by atoms with Crippen molar-refractivity contribution >= 4 is 28.9 Å². The van der Waals surface area contributed by atoms with Crippen molar-refractivity contribution in [3.63, 3.8) is 0 Å². The van der Waals surface area contributed by atoms with Crippen LogP contribution in [0.5, 0.6) is 23.0 Å². The number of benzene rings is 2. The molecule has 9 heteroatoms. The topological polar surface area (TPSA) is 90.7 Å². The lowest BCUT2D eigenvalue weighted by Crippen LogP contribution is -2.44. The highest BCUT2D eigenvalue weighted by atomic mass is 16.5. The van der Waals surface area contributed by atoms with Crippen LogP contribution in [-0.2, 0) is 4.79 Å². The van der Waals surface area contributed by atoms with Crippen LogP contribution in [0.3, 0.4) is 0 Å². The van der Waals surface area contributed by atoms with Gasteiger partial charge in [0.15, 0.2) is 28.6 Å². The molecule has 0 aliphatic carbocycles. The number of piperidine rings is 1. The second-order valence-corrected chi connectivity index (χ2v) is 10.5. The van der Waals surface area contributed by atoms with Crippen LogP contribution in [-0.4, -0.2) is 76.2 Å². The SMILES string of the molecule is COc1cc(OC)c(OC)cc1C=C(C)C(=O)N1CCC2(CCN(C(=O)c3cc4cccc(OC)c4o3)CC2)C1. The Morgan fingerprint density at radius 2 is 1.45 bits per heavy atom. The van der Waals surface area contributed by atoms with Crippen LogP contribution in [0, 0.1) is 5.41 Å². The first kappa shape index (κ1) is 27.4. The molecule has 5 rings (SSSR count). The second-order valence-electron chi connectivity index (χ2n) is 10.5. The molecule has 0 bridgehead atoms. The standard InChI is InChI=1S/C31H36N2O7/c1-20(15-22-17-25(38-4)26(39-5)18-24(22)37-3)29(34)33-14-11-31(19-33)9-12-32(13-10-31)30(35)27-16-21-7-6-8-23(36-2)28(21)40-27/h6-8,15-18H,9-14,19H2,1-5H3. The minimum Gasteiger partial charge on any atom is -0.496 e. The number of hydrogen-bond donors (Lipinski definition) is 0. The number of carbonyl (C=O) groups excluding carboxylic acids is 2. The summed E-state index contributed by atoms with van der Waals surface area (Å²) in [6, 6.07) is 11.0. The van der Waals surface area contributed by atoms with E-state index in [1.165, 1.54) is 0 Å². The molecular weight excluding hydrogens is 512 g/mol. The summed E-state index contributed by atoms with van der Waals surface area (Å²) in [6.45, 7) is 4.47. The maximum atomic E-state index is 13.4. The number of likely N-dealkylation sites (tertiary alicyclic amines) is 2. The molecule has 0 atom stereocenters. The minimum atomic E-state index is -0.110. The fourth-order valence-corrected chi connectivity index (χ4v) is 5.87. The number of ether oxygens (including phenoxy) is 4. The Kier molecular flexibility index (Phi) is 7.65. The highest BCUT2D eigenvalue weighted by molar-refractivity contribution is 5.98. The van der Waals surface area contributed by atoms with Gasteiger partial charge in [-0.15, -0.1) is 0 Å². The predicted molar refractivity (Wildman–Crippen MR) is 151 cm³/mol. The first-order chi connectivity index (χ1) is 19.3. The highest BCUT2D eigenvalue weighted by Crippen LogP contribution is 2.42. The Morgan fingerprint density at radius 1 is 0.825 bits per heavy atom. The third kappa shape index (κ3) is 5.08. The molecule has 9 nitrogen and oxygen atoms in total. The monoisotopic (exact) mass is 548 g/mol. The number of rotatable bonds is 7. The van der Waals surface area contributed by atoms with Gasteiger partial charge in [0.2, 0.25) is 5.91 Å². The van der Waals surface area contributed by atoms with E-state index in [2.05, 4.69) is 0 Å². The molecule has 2 amide bonds. The van der Waals surface area contributed by atoms with Crippen LogP contribution < -0.4 is 18.9 Å². The Bertz CT molecular complexity index is 1450. The summed E-state index contributed by atoms with van der Waals surface area (Å²) in [5.41, 5.74) is 1.97.